The predicted octanol–water partition coefficient (Wildman–Crippen LogP) is 6.56. The van der Waals surface area contributed by atoms with Crippen molar-refractivity contribution in [1.29, 1.82) is 0 Å². The molecule has 9 heteroatoms. The highest BCUT2D eigenvalue weighted by Gasteiger charge is 2.40. The van der Waals surface area contributed by atoms with Crippen molar-refractivity contribution in [2.24, 2.45) is 11.7 Å². The maximum absolute atomic E-state index is 14.6. The zero-order valence-corrected chi connectivity index (χ0v) is 27.8. The number of amides is 4. The minimum absolute atomic E-state index is 0.344. The second-order valence-corrected chi connectivity index (χ2v) is 13.2. The first kappa shape index (κ1) is 35.1. The van der Waals surface area contributed by atoms with Crippen LogP contribution in [0.2, 0.25) is 0 Å². The summed E-state index contributed by atoms with van der Waals surface area (Å²) < 4.78 is 5.41. The monoisotopic (exact) mass is 616 g/mol. The van der Waals surface area contributed by atoms with Crippen molar-refractivity contribution >= 4 is 40.3 Å². The molecule has 0 saturated carbocycles. The third kappa shape index (κ3) is 10.1. The smallest absolute Gasteiger partial charge is 0.408 e. The van der Waals surface area contributed by atoms with Gasteiger partial charge in [-0.2, -0.15) is 0 Å². The zero-order chi connectivity index (χ0) is 33.5. The Hall–Kier alpha value is -4.40. The molecule has 0 heterocycles. The van der Waals surface area contributed by atoms with Crippen molar-refractivity contribution in [3.8, 4) is 0 Å². The van der Waals surface area contributed by atoms with Gasteiger partial charge in [0.25, 0.3) is 5.91 Å². The maximum atomic E-state index is 14.6. The molecule has 242 valence electrons. The van der Waals surface area contributed by atoms with E-state index in [9.17, 15) is 19.2 Å². The lowest BCUT2D eigenvalue weighted by Crippen LogP contribution is -2.56. The van der Waals surface area contributed by atoms with Gasteiger partial charge in [0.05, 0.1) is 6.42 Å². The fourth-order valence-electron chi connectivity index (χ4n) is 5.29. The Morgan fingerprint density at radius 3 is 2.18 bits per heavy atom. The summed E-state index contributed by atoms with van der Waals surface area (Å²) >= 11 is 0. The summed E-state index contributed by atoms with van der Waals surface area (Å²) in [5.41, 5.74) is 7.69. The summed E-state index contributed by atoms with van der Waals surface area (Å²) in [5.74, 6) is -1.45. The van der Waals surface area contributed by atoms with Gasteiger partial charge < -0.3 is 26.0 Å². The highest BCUT2D eigenvalue weighted by molar-refractivity contribution is 6.01. The average molecular weight is 617 g/mol. The number of benzene rings is 3. The van der Waals surface area contributed by atoms with Crippen LogP contribution in [-0.4, -0.2) is 46.4 Å². The number of carbonyl (C=O) groups is 4. The van der Waals surface area contributed by atoms with Crippen molar-refractivity contribution in [2.75, 3.05) is 5.32 Å². The van der Waals surface area contributed by atoms with Crippen LogP contribution in [0.1, 0.15) is 83.5 Å². The van der Waals surface area contributed by atoms with E-state index >= 15 is 0 Å². The first-order valence-electron chi connectivity index (χ1n) is 15.5. The lowest BCUT2D eigenvalue weighted by atomic mass is 9.93. The van der Waals surface area contributed by atoms with Gasteiger partial charge in [-0.3, -0.25) is 14.4 Å². The topological polar surface area (TPSA) is 131 Å². The second kappa shape index (κ2) is 15.1. The summed E-state index contributed by atoms with van der Waals surface area (Å²) in [6, 6.07) is 16.4. The number of nitrogens with zero attached hydrogens (tertiary/aromatic N) is 1. The molecule has 3 atom stereocenters. The minimum atomic E-state index is -1.35. The third-order valence-corrected chi connectivity index (χ3v) is 7.56. The highest BCUT2D eigenvalue weighted by Crippen LogP contribution is 2.32. The number of anilines is 1. The van der Waals surface area contributed by atoms with Crippen LogP contribution in [0, 0.1) is 19.8 Å². The minimum Gasteiger partial charge on any atom is -0.444 e. The van der Waals surface area contributed by atoms with Crippen molar-refractivity contribution in [1.82, 2.24) is 10.2 Å². The fourth-order valence-corrected chi connectivity index (χ4v) is 5.29. The quantitative estimate of drug-likeness (QED) is 0.212. The molecule has 0 saturated heterocycles. The van der Waals surface area contributed by atoms with Crippen molar-refractivity contribution in [3.05, 3.63) is 77.4 Å². The van der Waals surface area contributed by atoms with Gasteiger partial charge in [0.15, 0.2) is 0 Å². The summed E-state index contributed by atoms with van der Waals surface area (Å²) in [6.45, 7) is 15.0. The standard InChI is InChI=1S/C36H48N4O5/c1-22(2)13-16-25(5)40(34(43)30(21-31(37)41)39-35(44)45-36(6,7)8)32(29-19-23(3)14-15-24(29)4)33(42)38-28-18-17-26-11-9-10-12-27(26)20-28/h9-12,14-15,17-20,22,25,30,32H,13,16,21H2,1-8H3,(H2,37,41)(H,38,42)(H,39,44). The van der Waals surface area contributed by atoms with E-state index in [1.807, 2.05) is 81.4 Å². The molecule has 3 unspecified atom stereocenters. The van der Waals surface area contributed by atoms with Crippen LogP contribution < -0.4 is 16.4 Å². The Morgan fingerprint density at radius 1 is 0.889 bits per heavy atom. The molecule has 0 bridgehead atoms. The number of primary amides is 1. The van der Waals surface area contributed by atoms with E-state index in [0.29, 0.717) is 23.6 Å². The van der Waals surface area contributed by atoms with E-state index in [2.05, 4.69) is 24.5 Å². The Kier molecular flexibility index (Phi) is 11.7. The number of hydrogen-bond acceptors (Lipinski definition) is 5. The molecule has 0 spiro atoms. The van der Waals surface area contributed by atoms with Gasteiger partial charge in [0.1, 0.15) is 17.7 Å². The third-order valence-electron chi connectivity index (χ3n) is 7.56. The number of carbonyl (C=O) groups excluding carboxylic acids is 4. The lowest BCUT2D eigenvalue weighted by molar-refractivity contribution is -0.144. The van der Waals surface area contributed by atoms with Gasteiger partial charge in [0, 0.05) is 11.7 Å². The molecule has 3 rings (SSSR count). The van der Waals surface area contributed by atoms with E-state index < -0.39 is 54.0 Å². The molecule has 0 aliphatic heterocycles. The average Bonchev–Trinajstić information content (AvgIpc) is 2.94. The molecule has 4 N–H and O–H groups in total. The van der Waals surface area contributed by atoms with Crippen LogP contribution in [0.3, 0.4) is 0 Å². The largest absolute Gasteiger partial charge is 0.444 e. The molecule has 3 aromatic rings. The number of alkyl carbamates (subject to hydrolysis) is 1. The maximum Gasteiger partial charge on any atom is 0.408 e. The summed E-state index contributed by atoms with van der Waals surface area (Å²) in [5, 5.41) is 7.60. The number of nitrogens with two attached hydrogens (primary N) is 1. The Bertz CT molecular complexity index is 1530. The molecule has 0 radical (unpaired) electrons. The molecular formula is C36H48N4O5. The number of fused-ring (bicyclic) bond motifs is 1. The number of nitrogens with one attached hydrogen (secondary N) is 2. The molecule has 9 nitrogen and oxygen atoms in total. The zero-order valence-electron chi connectivity index (χ0n) is 27.8. The van der Waals surface area contributed by atoms with Gasteiger partial charge in [-0.25, -0.2) is 4.79 Å². The van der Waals surface area contributed by atoms with E-state index in [1.165, 1.54) is 4.90 Å². The van der Waals surface area contributed by atoms with Crippen molar-refractivity contribution in [2.45, 2.75) is 98.4 Å². The van der Waals surface area contributed by atoms with Crippen LogP contribution in [0.4, 0.5) is 10.5 Å². The Labute approximate surface area is 266 Å². The molecule has 0 fully saturated rings. The fraction of sp³-hybridized carbons (Fsp3) is 0.444. The van der Waals surface area contributed by atoms with Crippen LogP contribution in [0.5, 0.6) is 0 Å². The summed E-state index contributed by atoms with van der Waals surface area (Å²) in [6.07, 6.45) is 0.0541. The van der Waals surface area contributed by atoms with E-state index in [4.69, 9.17) is 10.5 Å². The van der Waals surface area contributed by atoms with E-state index in [0.717, 1.165) is 28.3 Å². The first-order valence-corrected chi connectivity index (χ1v) is 15.5. The van der Waals surface area contributed by atoms with Gasteiger partial charge in [-0.05, 0) is 94.3 Å². The Balaban J connectivity index is 2.15. The SMILES string of the molecule is Cc1ccc(C)c(C(C(=O)Nc2ccc3ccccc3c2)N(C(=O)C(CC(N)=O)NC(=O)OC(C)(C)C)C(C)CCC(C)C)c1. The number of rotatable bonds is 12. The normalized spacial score (nSPS) is 13.5. The van der Waals surface area contributed by atoms with Crippen LogP contribution in [-0.2, 0) is 19.1 Å². The first-order chi connectivity index (χ1) is 21.1. The van der Waals surface area contributed by atoms with Crippen LogP contribution in [0.15, 0.2) is 60.7 Å². The lowest BCUT2D eigenvalue weighted by Gasteiger charge is -2.39. The van der Waals surface area contributed by atoms with E-state index in [1.54, 1.807) is 20.8 Å². The van der Waals surface area contributed by atoms with Gasteiger partial charge >= 0.3 is 6.09 Å². The Morgan fingerprint density at radius 2 is 1.56 bits per heavy atom. The molecule has 3 aromatic carbocycles. The number of ether oxygens (including phenoxy) is 1. The van der Waals surface area contributed by atoms with Crippen molar-refractivity contribution in [3.63, 3.8) is 0 Å². The van der Waals surface area contributed by atoms with Crippen LogP contribution in [0.25, 0.3) is 10.8 Å². The van der Waals surface area contributed by atoms with Gasteiger partial charge in [0.2, 0.25) is 11.8 Å². The summed E-state index contributed by atoms with van der Waals surface area (Å²) in [7, 11) is 0. The molecule has 0 aliphatic rings. The highest BCUT2D eigenvalue weighted by atomic mass is 16.6. The second-order valence-electron chi connectivity index (χ2n) is 13.2. The molecule has 4 amide bonds. The predicted molar refractivity (Wildman–Crippen MR) is 179 cm³/mol. The molecular weight excluding hydrogens is 568 g/mol. The van der Waals surface area contributed by atoms with Gasteiger partial charge in [-0.1, -0.05) is 67.9 Å². The van der Waals surface area contributed by atoms with Gasteiger partial charge in [-0.15, -0.1) is 0 Å². The van der Waals surface area contributed by atoms with Crippen LogP contribution >= 0.6 is 0 Å². The summed E-state index contributed by atoms with van der Waals surface area (Å²) in [4.78, 5) is 55.6. The van der Waals surface area contributed by atoms with Crippen molar-refractivity contribution < 1.29 is 23.9 Å². The number of aryl methyl sites for hydroxylation is 2. The molecule has 0 aliphatic carbocycles. The molecule has 0 aromatic heterocycles. The number of hydrogen-bond donors (Lipinski definition) is 3. The molecule has 45 heavy (non-hydrogen) atoms. The van der Waals surface area contributed by atoms with E-state index in [-0.39, 0.29) is 0 Å².